The fraction of sp³-hybridized carbons (Fsp3) is 0.500. The van der Waals surface area contributed by atoms with E-state index >= 15 is 0 Å². The number of nitrogens with one attached hydrogen (secondary N) is 1. The molecule has 1 aromatic rings. The largest absolute Gasteiger partial charge is 0.392 e. The van der Waals surface area contributed by atoms with Crippen LogP contribution < -0.4 is 4.72 Å². The lowest BCUT2D eigenvalue weighted by molar-refractivity contribution is 0.280. The Hall–Kier alpha value is -0.910. The molecule has 0 atom stereocenters. The number of sulfonamides is 1. The Morgan fingerprint density at radius 1 is 1.29 bits per heavy atom. The summed E-state index contributed by atoms with van der Waals surface area (Å²) < 4.78 is 26.4. The summed E-state index contributed by atoms with van der Waals surface area (Å²) in [6.07, 6.45) is 0.772. The fourth-order valence-corrected chi connectivity index (χ4v) is 2.94. The van der Waals surface area contributed by atoms with Gasteiger partial charge >= 0.3 is 0 Å². The third-order valence-electron chi connectivity index (χ3n) is 2.43. The second kappa shape index (κ2) is 5.62. The first-order valence-corrected chi connectivity index (χ1v) is 7.14. The molecule has 0 unspecified atom stereocenters. The number of rotatable bonds is 5. The van der Waals surface area contributed by atoms with E-state index in [1.165, 1.54) is 6.07 Å². The summed E-state index contributed by atoms with van der Waals surface area (Å²) in [5.41, 5.74) is 1.63. The zero-order valence-electron chi connectivity index (χ0n) is 10.4. The van der Waals surface area contributed by atoms with Crippen LogP contribution >= 0.6 is 0 Å². The van der Waals surface area contributed by atoms with Gasteiger partial charge in [-0.1, -0.05) is 13.0 Å². The first-order chi connectivity index (χ1) is 7.90. The van der Waals surface area contributed by atoms with E-state index < -0.39 is 10.0 Å². The molecule has 0 radical (unpaired) electrons. The van der Waals surface area contributed by atoms with E-state index in [4.69, 9.17) is 0 Å². The highest BCUT2D eigenvalue weighted by Crippen LogP contribution is 2.17. The molecule has 0 bridgehead atoms. The van der Waals surface area contributed by atoms with Crippen LogP contribution in [0.3, 0.4) is 0 Å². The van der Waals surface area contributed by atoms with Gasteiger partial charge in [0.05, 0.1) is 11.5 Å². The zero-order valence-corrected chi connectivity index (χ0v) is 11.2. The van der Waals surface area contributed by atoms with Gasteiger partial charge in [-0.25, -0.2) is 13.1 Å². The highest BCUT2D eigenvalue weighted by atomic mass is 32.2. The number of hydrogen-bond donors (Lipinski definition) is 2. The molecule has 0 aliphatic heterocycles. The summed E-state index contributed by atoms with van der Waals surface area (Å²) in [5, 5.41) is 9.21. The van der Waals surface area contributed by atoms with Gasteiger partial charge < -0.3 is 5.11 Å². The van der Waals surface area contributed by atoms with E-state index in [-0.39, 0.29) is 17.5 Å². The smallest absolute Gasteiger partial charge is 0.240 e. The monoisotopic (exact) mass is 257 g/mol. The van der Waals surface area contributed by atoms with E-state index in [0.717, 1.165) is 12.0 Å². The van der Waals surface area contributed by atoms with Crippen molar-refractivity contribution in [2.45, 2.75) is 44.7 Å². The van der Waals surface area contributed by atoms with Gasteiger partial charge in [0.2, 0.25) is 10.0 Å². The number of benzene rings is 1. The maximum atomic E-state index is 11.9. The second-order valence-electron chi connectivity index (χ2n) is 4.22. The van der Waals surface area contributed by atoms with E-state index in [9.17, 15) is 13.5 Å². The van der Waals surface area contributed by atoms with Crippen LogP contribution in [0.4, 0.5) is 0 Å². The highest BCUT2D eigenvalue weighted by Gasteiger charge is 2.16. The predicted octanol–water partition coefficient (Wildman–Crippen LogP) is 1.43. The molecule has 1 rings (SSSR count). The molecule has 0 spiro atoms. The first kappa shape index (κ1) is 14.2. The van der Waals surface area contributed by atoms with Crippen molar-refractivity contribution in [1.82, 2.24) is 4.72 Å². The van der Waals surface area contributed by atoms with Crippen LogP contribution in [-0.2, 0) is 23.1 Å². The molecule has 0 saturated heterocycles. The van der Waals surface area contributed by atoms with Gasteiger partial charge in [-0.2, -0.15) is 0 Å². The quantitative estimate of drug-likeness (QED) is 0.838. The van der Waals surface area contributed by atoms with Crippen LogP contribution in [0.2, 0.25) is 0 Å². The standard InChI is InChI=1S/C12H19NO3S/c1-4-10-5-6-12(7-11(10)8-14)17(15,16)13-9(2)3/h5-7,9,13-14H,4,8H2,1-3H3. The average molecular weight is 257 g/mol. The number of aliphatic hydroxyl groups is 1. The normalized spacial score (nSPS) is 12.1. The Morgan fingerprint density at radius 2 is 1.94 bits per heavy atom. The molecule has 0 aliphatic carbocycles. The molecule has 96 valence electrons. The number of aryl methyl sites for hydroxylation is 1. The summed E-state index contributed by atoms with van der Waals surface area (Å²) >= 11 is 0. The minimum Gasteiger partial charge on any atom is -0.392 e. The zero-order chi connectivity index (χ0) is 13.1. The lowest BCUT2D eigenvalue weighted by atomic mass is 10.1. The molecular weight excluding hydrogens is 238 g/mol. The molecule has 0 fully saturated rings. The Labute approximate surface area is 103 Å². The van der Waals surface area contributed by atoms with Crippen molar-refractivity contribution in [3.63, 3.8) is 0 Å². The maximum Gasteiger partial charge on any atom is 0.240 e. The van der Waals surface area contributed by atoms with Crippen LogP contribution in [0.5, 0.6) is 0 Å². The number of hydrogen-bond acceptors (Lipinski definition) is 3. The van der Waals surface area contributed by atoms with Crippen molar-refractivity contribution < 1.29 is 13.5 Å². The Kier molecular flexibility index (Phi) is 4.68. The Bertz CT molecular complexity index is 481. The van der Waals surface area contributed by atoms with Crippen molar-refractivity contribution in [3.05, 3.63) is 29.3 Å². The molecule has 0 amide bonds. The molecule has 17 heavy (non-hydrogen) atoms. The van der Waals surface area contributed by atoms with Crippen LogP contribution in [0.25, 0.3) is 0 Å². The van der Waals surface area contributed by atoms with Crippen LogP contribution in [0.1, 0.15) is 31.9 Å². The van der Waals surface area contributed by atoms with E-state index in [1.54, 1.807) is 26.0 Å². The van der Waals surface area contributed by atoms with Gasteiger partial charge in [-0.15, -0.1) is 0 Å². The highest BCUT2D eigenvalue weighted by molar-refractivity contribution is 7.89. The molecule has 0 aromatic heterocycles. The summed E-state index contributed by atoms with van der Waals surface area (Å²) in [6, 6.07) is 4.70. The van der Waals surface area contributed by atoms with Gasteiger partial charge in [0.25, 0.3) is 0 Å². The van der Waals surface area contributed by atoms with E-state index in [0.29, 0.717) is 5.56 Å². The summed E-state index contributed by atoms with van der Waals surface area (Å²) in [5.74, 6) is 0. The molecule has 0 heterocycles. The minimum absolute atomic E-state index is 0.145. The lowest BCUT2D eigenvalue weighted by Gasteiger charge is -2.12. The van der Waals surface area contributed by atoms with Gasteiger partial charge in [0, 0.05) is 6.04 Å². The Morgan fingerprint density at radius 3 is 2.41 bits per heavy atom. The molecular formula is C12H19NO3S. The fourth-order valence-electron chi connectivity index (χ4n) is 1.64. The molecule has 4 nitrogen and oxygen atoms in total. The van der Waals surface area contributed by atoms with E-state index in [1.807, 2.05) is 6.92 Å². The summed E-state index contributed by atoms with van der Waals surface area (Å²) in [4.78, 5) is 0.201. The van der Waals surface area contributed by atoms with Gasteiger partial charge in [-0.3, -0.25) is 0 Å². The van der Waals surface area contributed by atoms with Crippen molar-refractivity contribution >= 4 is 10.0 Å². The van der Waals surface area contributed by atoms with Crippen LogP contribution in [-0.4, -0.2) is 19.6 Å². The van der Waals surface area contributed by atoms with Crippen molar-refractivity contribution in [1.29, 1.82) is 0 Å². The first-order valence-electron chi connectivity index (χ1n) is 5.65. The van der Waals surface area contributed by atoms with Gasteiger partial charge in [0.1, 0.15) is 0 Å². The average Bonchev–Trinajstić information content (AvgIpc) is 2.26. The molecule has 0 aliphatic rings. The van der Waals surface area contributed by atoms with Gasteiger partial charge in [-0.05, 0) is 43.5 Å². The van der Waals surface area contributed by atoms with Crippen LogP contribution in [0.15, 0.2) is 23.1 Å². The van der Waals surface area contributed by atoms with Crippen LogP contribution in [0, 0.1) is 0 Å². The second-order valence-corrected chi connectivity index (χ2v) is 5.93. The predicted molar refractivity (Wildman–Crippen MR) is 67.2 cm³/mol. The minimum atomic E-state index is -3.48. The molecule has 5 heteroatoms. The summed E-state index contributed by atoms with van der Waals surface area (Å²) in [7, 11) is -3.48. The van der Waals surface area contributed by atoms with Gasteiger partial charge in [0.15, 0.2) is 0 Å². The van der Waals surface area contributed by atoms with Crippen molar-refractivity contribution in [2.24, 2.45) is 0 Å². The SMILES string of the molecule is CCc1ccc(S(=O)(=O)NC(C)C)cc1CO. The summed E-state index contributed by atoms with van der Waals surface area (Å²) in [6.45, 7) is 5.36. The van der Waals surface area contributed by atoms with E-state index in [2.05, 4.69) is 4.72 Å². The molecule has 2 N–H and O–H groups in total. The van der Waals surface area contributed by atoms with Crippen molar-refractivity contribution in [3.8, 4) is 0 Å². The Balaban J connectivity index is 3.16. The molecule has 0 saturated carbocycles. The topological polar surface area (TPSA) is 66.4 Å². The number of aliphatic hydroxyl groups excluding tert-OH is 1. The molecule has 1 aromatic carbocycles. The van der Waals surface area contributed by atoms with Crippen molar-refractivity contribution in [2.75, 3.05) is 0 Å². The maximum absolute atomic E-state index is 11.9. The third-order valence-corrected chi connectivity index (χ3v) is 4.09. The lowest BCUT2D eigenvalue weighted by Crippen LogP contribution is -2.30. The third kappa shape index (κ3) is 3.52.